The van der Waals surface area contributed by atoms with E-state index in [1.54, 1.807) is 0 Å². The fourth-order valence-corrected chi connectivity index (χ4v) is 2.06. The van der Waals surface area contributed by atoms with Gasteiger partial charge >= 0.3 is 0 Å². The Morgan fingerprint density at radius 3 is 2.25 bits per heavy atom. The molecule has 0 amide bonds. The zero-order chi connectivity index (χ0) is 8.97. The topological polar surface area (TPSA) is 26.3 Å². The van der Waals surface area contributed by atoms with Crippen molar-refractivity contribution in [3.05, 3.63) is 12.2 Å². The fraction of sp³-hybridized carbons (Fsp3) is 0.700. The quantitative estimate of drug-likeness (QED) is 0.442. The molecule has 2 aliphatic carbocycles. The van der Waals surface area contributed by atoms with Crippen molar-refractivity contribution in [2.24, 2.45) is 17.8 Å². The monoisotopic (exact) mass is 168 g/mol. The summed E-state index contributed by atoms with van der Waals surface area (Å²) < 4.78 is 3.86. The van der Waals surface area contributed by atoms with Gasteiger partial charge in [0.05, 0.1) is 7.11 Å². The molecule has 0 spiro atoms. The molecule has 2 heteroatoms. The van der Waals surface area contributed by atoms with Gasteiger partial charge in [0, 0.05) is 0 Å². The molecule has 68 valence electrons. The Morgan fingerprint density at radius 2 is 2.08 bits per heavy atom. The van der Waals surface area contributed by atoms with Gasteiger partial charge in [-0.2, -0.15) is 0 Å². The molecule has 2 bridgehead atoms. The van der Waals surface area contributed by atoms with E-state index < -0.39 is 0 Å². The number of allylic oxidation sites excluding steroid dienone is 2. The molecule has 2 nitrogen and oxygen atoms in total. The summed E-state index contributed by atoms with van der Waals surface area (Å²) in [4.78, 5) is 8.95. The summed E-state index contributed by atoms with van der Waals surface area (Å²) in [5.74, 6) is 2.92. The molecule has 0 radical (unpaired) electrons. The lowest BCUT2D eigenvalue weighted by molar-refractivity contribution is -0.126. The van der Waals surface area contributed by atoms with Crippen molar-refractivity contribution in [3.8, 4) is 0 Å². The zero-order valence-electron chi connectivity index (χ0n) is 7.69. The summed E-state index contributed by atoms with van der Waals surface area (Å²) >= 11 is 0. The minimum atomic E-state index is 0.375. The van der Waals surface area contributed by atoms with Crippen molar-refractivity contribution in [2.45, 2.75) is 19.8 Å². The van der Waals surface area contributed by atoms with Crippen molar-refractivity contribution in [2.75, 3.05) is 7.11 Å². The highest BCUT2D eigenvalue weighted by molar-refractivity contribution is 5.36. The Bertz CT molecular complexity index is 175. The van der Waals surface area contributed by atoms with Gasteiger partial charge < -0.3 is 4.74 Å². The maximum atomic E-state index is 8.95. The van der Waals surface area contributed by atoms with Crippen LogP contribution >= 0.6 is 0 Å². The maximum absolute atomic E-state index is 8.95. The molecule has 0 aromatic carbocycles. The molecule has 0 heterocycles. The lowest BCUT2D eigenvalue weighted by atomic mass is 9.96. The van der Waals surface area contributed by atoms with E-state index in [-0.39, 0.29) is 0 Å². The molecule has 0 saturated heterocycles. The molecule has 2 aliphatic rings. The van der Waals surface area contributed by atoms with E-state index in [4.69, 9.17) is 4.79 Å². The highest BCUT2D eigenvalue weighted by Crippen LogP contribution is 2.42. The summed E-state index contributed by atoms with van der Waals surface area (Å²) in [5, 5.41) is 0. The first-order chi connectivity index (χ1) is 5.77. The minimum absolute atomic E-state index is 0.375. The Hall–Kier alpha value is -0.790. The van der Waals surface area contributed by atoms with Crippen LogP contribution in [-0.2, 0) is 9.53 Å². The van der Waals surface area contributed by atoms with Crippen LogP contribution in [0, 0.1) is 17.8 Å². The average molecular weight is 168 g/mol. The van der Waals surface area contributed by atoms with Gasteiger partial charge in [0.1, 0.15) is 0 Å². The second-order valence-corrected chi connectivity index (χ2v) is 3.59. The van der Waals surface area contributed by atoms with Gasteiger partial charge in [0.2, 0.25) is 0 Å². The van der Waals surface area contributed by atoms with Crippen molar-refractivity contribution < 1.29 is 9.53 Å². The van der Waals surface area contributed by atoms with Crippen molar-refractivity contribution in [1.29, 1.82) is 0 Å². The van der Waals surface area contributed by atoms with Crippen LogP contribution in [0.1, 0.15) is 19.8 Å². The second kappa shape index (κ2) is 4.29. The highest BCUT2D eigenvalue weighted by atomic mass is 16.5. The molecular formula is C10H16O2. The van der Waals surface area contributed by atoms with Crippen molar-refractivity contribution in [1.82, 2.24) is 0 Å². The van der Waals surface area contributed by atoms with E-state index in [9.17, 15) is 0 Å². The van der Waals surface area contributed by atoms with Crippen LogP contribution in [0.15, 0.2) is 12.2 Å². The van der Waals surface area contributed by atoms with E-state index in [1.807, 2.05) is 0 Å². The van der Waals surface area contributed by atoms with E-state index >= 15 is 0 Å². The molecule has 0 N–H and O–H groups in total. The van der Waals surface area contributed by atoms with E-state index in [0.29, 0.717) is 6.47 Å². The van der Waals surface area contributed by atoms with Crippen molar-refractivity contribution >= 4 is 6.47 Å². The minimum Gasteiger partial charge on any atom is -0.471 e. The summed E-state index contributed by atoms with van der Waals surface area (Å²) in [6.07, 6.45) is 7.71. The van der Waals surface area contributed by atoms with Gasteiger partial charge in [-0.15, -0.1) is 0 Å². The molecular weight excluding hydrogens is 152 g/mol. The smallest absolute Gasteiger partial charge is 0.292 e. The first-order valence-corrected chi connectivity index (χ1v) is 4.42. The Morgan fingerprint density at radius 1 is 1.42 bits per heavy atom. The fourth-order valence-electron chi connectivity index (χ4n) is 2.06. The number of rotatable bonds is 1. The summed E-state index contributed by atoms with van der Waals surface area (Å²) in [6.45, 7) is 2.74. The van der Waals surface area contributed by atoms with Gasteiger partial charge in [-0.25, -0.2) is 0 Å². The Balaban J connectivity index is 0.000000157. The number of carbonyl (C=O) groups is 1. The van der Waals surface area contributed by atoms with Crippen LogP contribution in [0.4, 0.5) is 0 Å². The Labute approximate surface area is 73.6 Å². The molecule has 2 rings (SSSR count). The van der Waals surface area contributed by atoms with Crippen molar-refractivity contribution in [3.63, 3.8) is 0 Å². The third-order valence-electron chi connectivity index (χ3n) is 2.71. The lowest BCUT2D eigenvalue weighted by Crippen LogP contribution is -1.99. The zero-order valence-corrected chi connectivity index (χ0v) is 7.69. The van der Waals surface area contributed by atoms with E-state index in [2.05, 4.69) is 23.8 Å². The van der Waals surface area contributed by atoms with Crippen LogP contribution in [0.2, 0.25) is 0 Å². The third kappa shape index (κ3) is 2.10. The number of hydrogen-bond acceptors (Lipinski definition) is 2. The standard InChI is InChI=1S/C8H12.C2H4O2/c1-6-4-7-2-3-8(6)5-7;1-4-2-3/h2-3,6-8H,4-5H2,1H3;2H,1H3. The first-order valence-electron chi connectivity index (χ1n) is 4.42. The molecule has 0 aromatic heterocycles. The molecule has 3 unspecified atom stereocenters. The molecule has 12 heavy (non-hydrogen) atoms. The predicted molar refractivity (Wildman–Crippen MR) is 47.6 cm³/mol. The highest BCUT2D eigenvalue weighted by Gasteiger charge is 2.32. The van der Waals surface area contributed by atoms with Crippen LogP contribution in [-0.4, -0.2) is 13.6 Å². The largest absolute Gasteiger partial charge is 0.471 e. The third-order valence-corrected chi connectivity index (χ3v) is 2.71. The molecule has 0 aliphatic heterocycles. The lowest BCUT2D eigenvalue weighted by Gasteiger charge is -2.09. The summed E-state index contributed by atoms with van der Waals surface area (Å²) in [6, 6.07) is 0. The average Bonchev–Trinajstić information content (AvgIpc) is 2.65. The van der Waals surface area contributed by atoms with Gasteiger partial charge in [-0.05, 0) is 30.6 Å². The van der Waals surface area contributed by atoms with Gasteiger partial charge in [0.15, 0.2) is 0 Å². The maximum Gasteiger partial charge on any atom is 0.292 e. The summed E-state index contributed by atoms with van der Waals surface area (Å²) in [5.41, 5.74) is 0. The number of fused-ring (bicyclic) bond motifs is 2. The number of ether oxygens (including phenoxy) is 1. The van der Waals surface area contributed by atoms with Gasteiger partial charge in [0.25, 0.3) is 6.47 Å². The van der Waals surface area contributed by atoms with Gasteiger partial charge in [-0.3, -0.25) is 4.79 Å². The molecule has 0 aromatic rings. The van der Waals surface area contributed by atoms with Crippen LogP contribution < -0.4 is 0 Å². The molecule has 1 saturated carbocycles. The molecule has 3 atom stereocenters. The predicted octanol–water partition coefficient (Wildman–Crippen LogP) is 2.01. The van der Waals surface area contributed by atoms with E-state index in [1.165, 1.54) is 20.0 Å². The van der Waals surface area contributed by atoms with E-state index in [0.717, 1.165) is 17.8 Å². The van der Waals surface area contributed by atoms with Crippen LogP contribution in [0.5, 0.6) is 0 Å². The molecule has 1 fully saturated rings. The number of carbonyl (C=O) groups excluding carboxylic acids is 1. The van der Waals surface area contributed by atoms with Crippen LogP contribution in [0.3, 0.4) is 0 Å². The SMILES string of the molecule is CC1CC2C=CC1C2.COC=O. The summed E-state index contributed by atoms with van der Waals surface area (Å²) in [7, 11) is 1.31. The van der Waals surface area contributed by atoms with Crippen LogP contribution in [0.25, 0.3) is 0 Å². The number of hydrogen-bond donors (Lipinski definition) is 0. The van der Waals surface area contributed by atoms with Gasteiger partial charge in [-0.1, -0.05) is 19.1 Å². The second-order valence-electron chi connectivity index (χ2n) is 3.59. The normalized spacial score (nSPS) is 35.7. The first kappa shape index (κ1) is 9.30. The Kier molecular flexibility index (Phi) is 3.32. The number of methoxy groups -OCH3 is 1.